The fourth-order valence-corrected chi connectivity index (χ4v) is 10.5. The predicted octanol–water partition coefficient (Wildman–Crippen LogP) is 8.60. The predicted molar refractivity (Wildman–Crippen MR) is 228 cm³/mol. The van der Waals surface area contributed by atoms with Crippen molar-refractivity contribution in [1.82, 2.24) is 24.3 Å². The Labute approximate surface area is 358 Å². The molecule has 8 rings (SSSR count). The molecule has 2 aromatic carbocycles. The number of nitrogens with zero attached hydrogens (tertiary/aromatic N) is 5. The van der Waals surface area contributed by atoms with Gasteiger partial charge in [-0.15, -0.1) is 0 Å². The molecule has 4 heterocycles. The Morgan fingerprint density at radius 3 is 2.40 bits per heavy atom. The summed E-state index contributed by atoms with van der Waals surface area (Å²) in [5.74, 6) is -1.80. The molecular weight excluding hydrogens is 810 g/mol. The Bertz CT molecular complexity index is 2410. The van der Waals surface area contributed by atoms with E-state index in [1.165, 1.54) is 19.3 Å². The standard InChI is InChI=1S/C45H49Cl2FN6O6/c1-43(41(56)57)15-18-54(26-43)23-28-22-49-33(21-36(28)60-3)31(48)20-27-6-4-7-29(37(27)46)30-8-5-9-32(38(30)47)51-40(55)39-50-34-24-53(17-10-35(34)52(39)2)19-16-44-11-13-45(25-44,14-12-44)42(58)59/h4-9,20-22H,10-19,23-26H2,1-3H3,(H,51,55)(H,56,57)(H,58,59)/b31-20-/t43-,44?,45?/m0/s1. The molecule has 1 amide bonds. The maximum Gasteiger partial charge on any atom is 0.310 e. The normalized spacial score (nSPS) is 24.1. The highest BCUT2D eigenvalue weighted by Crippen LogP contribution is 2.63. The summed E-state index contributed by atoms with van der Waals surface area (Å²) in [5, 5.41) is 22.9. The molecule has 316 valence electrons. The third-order valence-electron chi connectivity index (χ3n) is 13.6. The van der Waals surface area contributed by atoms with Crippen LogP contribution in [0.25, 0.3) is 23.0 Å². The van der Waals surface area contributed by atoms with E-state index in [9.17, 15) is 24.6 Å². The lowest BCUT2D eigenvalue weighted by atomic mass is 9.80. The van der Waals surface area contributed by atoms with E-state index in [-0.39, 0.29) is 27.0 Å². The first-order chi connectivity index (χ1) is 28.6. The van der Waals surface area contributed by atoms with Crippen LogP contribution in [0.1, 0.15) is 90.7 Å². The number of pyridine rings is 1. The highest BCUT2D eigenvalue weighted by atomic mass is 35.5. The van der Waals surface area contributed by atoms with E-state index in [4.69, 9.17) is 32.9 Å². The number of imidazole rings is 1. The number of benzene rings is 2. The molecule has 0 radical (unpaired) electrons. The van der Waals surface area contributed by atoms with Crippen LogP contribution < -0.4 is 10.1 Å². The number of hydrogen-bond donors (Lipinski definition) is 3. The van der Waals surface area contributed by atoms with Crippen LogP contribution >= 0.6 is 23.2 Å². The van der Waals surface area contributed by atoms with Crippen molar-refractivity contribution in [2.24, 2.45) is 23.3 Å². The number of halogens is 3. The van der Waals surface area contributed by atoms with Crippen LogP contribution in [-0.2, 0) is 36.1 Å². The van der Waals surface area contributed by atoms with Crippen molar-refractivity contribution >= 4 is 58.6 Å². The average molecular weight is 860 g/mol. The monoisotopic (exact) mass is 858 g/mol. The number of hydrogen-bond acceptors (Lipinski definition) is 8. The summed E-state index contributed by atoms with van der Waals surface area (Å²) in [5.41, 5.74) is 3.25. The number of aromatic nitrogens is 3. The molecule has 0 unspecified atom stereocenters. The quantitative estimate of drug-likeness (QED) is 0.119. The summed E-state index contributed by atoms with van der Waals surface area (Å²) in [6.45, 7) is 5.50. The van der Waals surface area contributed by atoms with Gasteiger partial charge >= 0.3 is 11.9 Å². The van der Waals surface area contributed by atoms with Crippen LogP contribution in [0, 0.1) is 16.2 Å². The first kappa shape index (κ1) is 41.9. The molecule has 60 heavy (non-hydrogen) atoms. The second kappa shape index (κ2) is 16.2. The molecule has 2 aliphatic carbocycles. The van der Waals surface area contributed by atoms with E-state index < -0.39 is 34.5 Å². The Kier molecular flexibility index (Phi) is 11.3. The number of anilines is 1. The van der Waals surface area contributed by atoms with Crippen LogP contribution in [0.4, 0.5) is 10.1 Å². The van der Waals surface area contributed by atoms with E-state index in [0.29, 0.717) is 60.7 Å². The van der Waals surface area contributed by atoms with Gasteiger partial charge in [-0.2, -0.15) is 0 Å². The zero-order chi connectivity index (χ0) is 42.6. The molecule has 0 spiro atoms. The van der Waals surface area contributed by atoms with E-state index in [0.717, 1.165) is 75.0 Å². The van der Waals surface area contributed by atoms with Gasteiger partial charge in [0.05, 0.1) is 39.4 Å². The Balaban J connectivity index is 0.943. The van der Waals surface area contributed by atoms with Crippen molar-refractivity contribution in [3.63, 3.8) is 0 Å². The highest BCUT2D eigenvalue weighted by molar-refractivity contribution is 6.39. The number of fused-ring (bicyclic) bond motifs is 3. The van der Waals surface area contributed by atoms with Gasteiger partial charge in [-0.3, -0.25) is 29.2 Å². The number of aliphatic carboxylic acids is 2. The van der Waals surface area contributed by atoms with Crippen LogP contribution in [0.5, 0.6) is 5.75 Å². The molecule has 2 bridgehead atoms. The third kappa shape index (κ3) is 7.81. The zero-order valence-corrected chi connectivity index (χ0v) is 35.5. The molecular formula is C45H49Cl2FN6O6. The lowest BCUT2D eigenvalue weighted by molar-refractivity contribution is -0.148. The van der Waals surface area contributed by atoms with Gasteiger partial charge in [0.1, 0.15) is 17.3 Å². The third-order valence-corrected chi connectivity index (χ3v) is 14.5. The minimum Gasteiger partial charge on any atom is -0.496 e. The summed E-state index contributed by atoms with van der Waals surface area (Å²) in [6.07, 6.45) is 9.40. The van der Waals surface area contributed by atoms with Crippen LogP contribution in [0.15, 0.2) is 48.7 Å². The van der Waals surface area contributed by atoms with Crippen molar-refractivity contribution in [3.8, 4) is 16.9 Å². The average Bonchev–Trinajstić information content (AvgIpc) is 4.01. The number of rotatable bonds is 13. The van der Waals surface area contributed by atoms with Gasteiger partial charge in [0.2, 0.25) is 0 Å². The van der Waals surface area contributed by atoms with Crippen molar-refractivity contribution in [1.29, 1.82) is 0 Å². The van der Waals surface area contributed by atoms with Gasteiger partial charge in [-0.25, -0.2) is 9.37 Å². The van der Waals surface area contributed by atoms with Crippen molar-refractivity contribution < 1.29 is 33.7 Å². The number of carbonyl (C=O) groups excluding carboxylic acids is 1. The largest absolute Gasteiger partial charge is 0.496 e. The lowest BCUT2D eigenvalue weighted by Gasteiger charge is -2.32. The minimum atomic E-state index is -0.827. The van der Waals surface area contributed by atoms with E-state index >= 15 is 4.39 Å². The number of carbonyl (C=O) groups is 3. The van der Waals surface area contributed by atoms with Gasteiger partial charge in [0, 0.05) is 74.3 Å². The SMILES string of the molecule is COc1cc(/C(F)=C/c2cccc(-c3cccc(NC(=O)c4nc5c(n4C)CCN(CCC46CCC(C(=O)O)(CC4)C6)C5)c3Cl)c2Cl)ncc1CN1CC[C@](C)(C(=O)O)C1. The molecule has 4 aromatic rings. The molecule has 1 saturated heterocycles. The van der Waals surface area contributed by atoms with Crippen LogP contribution in [0.2, 0.25) is 10.0 Å². The second-order valence-corrected chi connectivity index (χ2v) is 18.2. The highest BCUT2D eigenvalue weighted by Gasteiger charge is 2.57. The van der Waals surface area contributed by atoms with Gasteiger partial charge in [0.15, 0.2) is 5.82 Å². The summed E-state index contributed by atoms with van der Waals surface area (Å²) in [6, 6.07) is 11.9. The number of nitrogens with one attached hydrogen (secondary N) is 1. The number of carboxylic acid groups (broad SMARTS) is 2. The maximum atomic E-state index is 15.8. The fourth-order valence-electron chi connectivity index (χ4n) is 9.94. The lowest BCUT2D eigenvalue weighted by Crippen LogP contribution is -2.34. The fraction of sp³-hybridized carbons (Fsp3) is 0.444. The summed E-state index contributed by atoms with van der Waals surface area (Å²) in [4.78, 5) is 51.0. The molecule has 2 saturated carbocycles. The number of methoxy groups -OCH3 is 1. The van der Waals surface area contributed by atoms with Crippen molar-refractivity contribution in [2.75, 3.05) is 38.6 Å². The Morgan fingerprint density at radius 1 is 0.983 bits per heavy atom. The molecule has 12 nitrogen and oxygen atoms in total. The Hall–Kier alpha value is -4.82. The molecule has 4 aliphatic rings. The summed E-state index contributed by atoms with van der Waals surface area (Å²) in [7, 11) is 3.34. The summed E-state index contributed by atoms with van der Waals surface area (Å²) >= 11 is 13.9. The topological polar surface area (TPSA) is 150 Å². The van der Waals surface area contributed by atoms with Gasteiger partial charge < -0.3 is 24.8 Å². The smallest absolute Gasteiger partial charge is 0.310 e. The zero-order valence-electron chi connectivity index (χ0n) is 34.0. The van der Waals surface area contributed by atoms with Crippen LogP contribution in [0.3, 0.4) is 0 Å². The van der Waals surface area contributed by atoms with E-state index in [2.05, 4.69) is 15.2 Å². The first-order valence-corrected chi connectivity index (χ1v) is 21.1. The number of carboxylic acids is 2. The maximum absolute atomic E-state index is 15.8. The van der Waals surface area contributed by atoms with E-state index in [1.54, 1.807) is 49.5 Å². The van der Waals surface area contributed by atoms with Crippen molar-refractivity contribution in [3.05, 3.63) is 92.7 Å². The Morgan fingerprint density at radius 2 is 1.72 bits per heavy atom. The molecule has 1 atom stereocenters. The minimum absolute atomic E-state index is 0.0475. The molecule has 3 fully saturated rings. The van der Waals surface area contributed by atoms with Gasteiger partial charge in [0.25, 0.3) is 5.91 Å². The molecule has 3 N–H and O–H groups in total. The number of amides is 1. The first-order valence-electron chi connectivity index (χ1n) is 20.4. The van der Waals surface area contributed by atoms with Crippen LogP contribution in [-0.4, -0.2) is 85.7 Å². The molecule has 15 heteroatoms. The molecule has 2 aromatic heterocycles. The number of likely N-dealkylation sites (tertiary alicyclic amines) is 1. The van der Waals surface area contributed by atoms with Gasteiger partial charge in [-0.1, -0.05) is 53.5 Å². The van der Waals surface area contributed by atoms with Crippen molar-refractivity contribution in [2.45, 2.75) is 71.4 Å². The van der Waals surface area contributed by atoms with E-state index in [1.807, 2.05) is 16.5 Å². The van der Waals surface area contributed by atoms with Gasteiger partial charge in [-0.05, 0) is 88.1 Å². The summed E-state index contributed by atoms with van der Waals surface area (Å²) < 4.78 is 23.3. The second-order valence-electron chi connectivity index (χ2n) is 17.5. The number of ether oxygens (including phenoxy) is 1. The molecule has 2 aliphatic heterocycles.